The van der Waals surface area contributed by atoms with E-state index >= 15 is 0 Å². The number of hydrogen-bond acceptors (Lipinski definition) is 5. The normalized spacial score (nSPS) is 17.8. The van der Waals surface area contributed by atoms with Gasteiger partial charge in [-0.25, -0.2) is 4.98 Å². The highest BCUT2D eigenvalue weighted by molar-refractivity contribution is 6.35. The third kappa shape index (κ3) is 4.24. The Balaban J connectivity index is 1.70. The van der Waals surface area contributed by atoms with Gasteiger partial charge >= 0.3 is 0 Å². The Morgan fingerprint density at radius 2 is 2.08 bits per heavy atom. The standard InChI is InChI=1S/C19H25ClN4O2/c1-14-4-3-6-21-19(14)15-12-17(22-13-16(15)20)23-7-9-24(10-8-23)18(25)5-11-26-2/h4,12-13H,3,5-11H2,1-2H3. The van der Waals surface area contributed by atoms with Crippen molar-refractivity contribution in [2.75, 3.05) is 51.3 Å². The highest BCUT2D eigenvalue weighted by Crippen LogP contribution is 2.26. The van der Waals surface area contributed by atoms with Crippen LogP contribution in [0.3, 0.4) is 0 Å². The maximum atomic E-state index is 12.1. The van der Waals surface area contributed by atoms with Gasteiger partial charge in [-0.3, -0.25) is 9.79 Å². The van der Waals surface area contributed by atoms with Crippen LogP contribution in [0, 0.1) is 0 Å². The molecule has 0 N–H and O–H groups in total. The first kappa shape index (κ1) is 18.9. The molecule has 2 aliphatic rings. The maximum absolute atomic E-state index is 12.1. The Bertz CT molecular complexity index is 724. The van der Waals surface area contributed by atoms with Crippen molar-refractivity contribution < 1.29 is 9.53 Å². The fourth-order valence-corrected chi connectivity index (χ4v) is 3.48. The van der Waals surface area contributed by atoms with Gasteiger partial charge in [0.15, 0.2) is 0 Å². The van der Waals surface area contributed by atoms with Gasteiger partial charge in [-0.1, -0.05) is 17.7 Å². The van der Waals surface area contributed by atoms with Crippen molar-refractivity contribution in [1.29, 1.82) is 0 Å². The Kier molecular flexibility index (Phi) is 6.27. The molecule has 1 aromatic rings. The summed E-state index contributed by atoms with van der Waals surface area (Å²) in [5.74, 6) is 1.03. The fourth-order valence-electron chi connectivity index (χ4n) is 3.29. The van der Waals surface area contributed by atoms with E-state index in [0.29, 0.717) is 31.1 Å². The smallest absolute Gasteiger partial charge is 0.225 e. The van der Waals surface area contributed by atoms with Crippen molar-refractivity contribution in [2.45, 2.75) is 19.8 Å². The molecular formula is C19H25ClN4O2. The molecule has 0 aliphatic carbocycles. The Morgan fingerprint density at radius 1 is 1.31 bits per heavy atom. The number of anilines is 1. The average Bonchev–Trinajstić information content (AvgIpc) is 2.67. The molecule has 0 unspecified atom stereocenters. The maximum Gasteiger partial charge on any atom is 0.225 e. The second-order valence-corrected chi connectivity index (χ2v) is 6.95. The van der Waals surface area contributed by atoms with Crippen molar-refractivity contribution >= 4 is 29.0 Å². The largest absolute Gasteiger partial charge is 0.384 e. The van der Waals surface area contributed by atoms with Gasteiger partial charge in [-0.15, -0.1) is 0 Å². The van der Waals surface area contributed by atoms with E-state index in [1.54, 1.807) is 13.3 Å². The van der Waals surface area contributed by atoms with E-state index in [1.807, 2.05) is 11.0 Å². The van der Waals surface area contributed by atoms with Gasteiger partial charge < -0.3 is 14.5 Å². The molecule has 6 nitrogen and oxygen atoms in total. The molecule has 1 aromatic heterocycles. The summed E-state index contributed by atoms with van der Waals surface area (Å²) in [4.78, 5) is 25.3. The van der Waals surface area contributed by atoms with E-state index in [2.05, 4.69) is 27.9 Å². The van der Waals surface area contributed by atoms with E-state index in [9.17, 15) is 4.79 Å². The summed E-state index contributed by atoms with van der Waals surface area (Å²) in [6.45, 7) is 6.24. The Labute approximate surface area is 159 Å². The van der Waals surface area contributed by atoms with Crippen LogP contribution in [0.5, 0.6) is 0 Å². The Morgan fingerprint density at radius 3 is 2.77 bits per heavy atom. The minimum absolute atomic E-state index is 0.147. The molecule has 140 valence electrons. The van der Waals surface area contributed by atoms with Crippen LogP contribution in [-0.2, 0) is 9.53 Å². The van der Waals surface area contributed by atoms with Crippen LogP contribution in [0.2, 0.25) is 5.02 Å². The summed E-state index contributed by atoms with van der Waals surface area (Å²) in [6, 6.07) is 2.02. The molecule has 2 aliphatic heterocycles. The van der Waals surface area contributed by atoms with Crippen LogP contribution < -0.4 is 4.90 Å². The van der Waals surface area contributed by atoms with E-state index in [0.717, 1.165) is 48.7 Å². The summed E-state index contributed by atoms with van der Waals surface area (Å²) < 4.78 is 4.99. The van der Waals surface area contributed by atoms with Crippen molar-refractivity contribution in [2.24, 2.45) is 4.99 Å². The minimum atomic E-state index is 0.147. The molecule has 0 radical (unpaired) electrons. The number of aromatic nitrogens is 1. The van der Waals surface area contributed by atoms with Crippen molar-refractivity contribution in [1.82, 2.24) is 9.88 Å². The lowest BCUT2D eigenvalue weighted by Gasteiger charge is -2.35. The minimum Gasteiger partial charge on any atom is -0.384 e. The number of methoxy groups -OCH3 is 1. The summed E-state index contributed by atoms with van der Waals surface area (Å²) in [6.07, 6.45) is 5.31. The monoisotopic (exact) mass is 376 g/mol. The SMILES string of the molecule is COCCC(=O)N1CCN(c2cc(C3=NCCC=C3C)c(Cl)cn2)CC1. The predicted molar refractivity (Wildman–Crippen MR) is 104 cm³/mol. The number of amides is 1. The van der Waals surface area contributed by atoms with Crippen LogP contribution in [0.1, 0.15) is 25.3 Å². The first-order chi connectivity index (χ1) is 12.6. The van der Waals surface area contributed by atoms with Crippen LogP contribution >= 0.6 is 11.6 Å². The van der Waals surface area contributed by atoms with Gasteiger partial charge in [-0.2, -0.15) is 0 Å². The lowest BCUT2D eigenvalue weighted by molar-refractivity contribution is -0.132. The van der Waals surface area contributed by atoms with Crippen molar-refractivity contribution in [3.63, 3.8) is 0 Å². The number of nitrogens with zero attached hydrogens (tertiary/aromatic N) is 4. The van der Waals surface area contributed by atoms with E-state index in [4.69, 9.17) is 16.3 Å². The predicted octanol–water partition coefficient (Wildman–Crippen LogP) is 2.56. The molecule has 3 rings (SSSR count). The topological polar surface area (TPSA) is 58.0 Å². The van der Waals surface area contributed by atoms with Gasteiger partial charge in [-0.05, 0) is 25.0 Å². The molecule has 0 spiro atoms. The van der Waals surface area contributed by atoms with Gasteiger partial charge in [0.25, 0.3) is 0 Å². The summed E-state index contributed by atoms with van der Waals surface area (Å²) in [5.41, 5.74) is 3.05. The quantitative estimate of drug-likeness (QED) is 0.792. The van der Waals surface area contributed by atoms with Crippen molar-refractivity contribution in [3.8, 4) is 0 Å². The molecule has 0 saturated carbocycles. The number of allylic oxidation sites excluding steroid dienone is 1. The van der Waals surface area contributed by atoms with Gasteiger partial charge in [0.05, 0.1) is 23.8 Å². The number of carbonyl (C=O) groups excluding carboxylic acids is 1. The zero-order chi connectivity index (χ0) is 18.5. The number of hydrogen-bond donors (Lipinski definition) is 0. The lowest BCUT2D eigenvalue weighted by Crippen LogP contribution is -2.49. The van der Waals surface area contributed by atoms with E-state index in [1.165, 1.54) is 0 Å². The zero-order valence-electron chi connectivity index (χ0n) is 15.4. The van der Waals surface area contributed by atoms with Crippen molar-refractivity contribution in [3.05, 3.63) is 34.5 Å². The Hall–Kier alpha value is -1.92. The highest BCUT2D eigenvalue weighted by Gasteiger charge is 2.23. The molecule has 26 heavy (non-hydrogen) atoms. The number of rotatable bonds is 5. The number of halogens is 1. The van der Waals surface area contributed by atoms with Crippen LogP contribution in [0.4, 0.5) is 5.82 Å². The number of carbonyl (C=O) groups is 1. The number of piperazine rings is 1. The second-order valence-electron chi connectivity index (χ2n) is 6.54. The summed E-state index contributed by atoms with van der Waals surface area (Å²) >= 11 is 6.39. The number of aliphatic imine (C=N–C) groups is 1. The third-order valence-corrected chi connectivity index (χ3v) is 5.10. The molecular weight excluding hydrogens is 352 g/mol. The van der Waals surface area contributed by atoms with Crippen LogP contribution in [0.25, 0.3) is 0 Å². The first-order valence-corrected chi connectivity index (χ1v) is 9.37. The molecule has 0 aromatic carbocycles. The number of dihydropyridines is 1. The summed E-state index contributed by atoms with van der Waals surface area (Å²) in [7, 11) is 1.61. The second kappa shape index (κ2) is 8.64. The van der Waals surface area contributed by atoms with Gasteiger partial charge in [0.2, 0.25) is 5.91 Å². The number of ether oxygens (including phenoxy) is 1. The zero-order valence-corrected chi connectivity index (χ0v) is 16.1. The molecule has 1 fully saturated rings. The van der Waals surface area contributed by atoms with Gasteiger partial charge in [0.1, 0.15) is 5.82 Å². The van der Waals surface area contributed by atoms with Gasteiger partial charge in [0, 0.05) is 51.6 Å². The van der Waals surface area contributed by atoms with Crippen LogP contribution in [0.15, 0.2) is 28.9 Å². The van der Waals surface area contributed by atoms with E-state index < -0.39 is 0 Å². The van der Waals surface area contributed by atoms with E-state index in [-0.39, 0.29) is 5.91 Å². The molecule has 1 saturated heterocycles. The van der Waals surface area contributed by atoms with Crippen LogP contribution in [-0.4, -0.2) is 67.9 Å². The first-order valence-electron chi connectivity index (χ1n) is 8.99. The lowest BCUT2D eigenvalue weighted by atomic mass is 10.0. The molecule has 0 bridgehead atoms. The average molecular weight is 377 g/mol. The third-order valence-electron chi connectivity index (χ3n) is 4.80. The molecule has 7 heteroatoms. The molecule has 3 heterocycles. The number of pyridine rings is 1. The molecule has 0 atom stereocenters. The summed E-state index contributed by atoms with van der Waals surface area (Å²) in [5, 5.41) is 0.621. The highest BCUT2D eigenvalue weighted by atomic mass is 35.5. The molecule has 1 amide bonds. The fraction of sp³-hybridized carbons (Fsp3) is 0.526.